The van der Waals surface area contributed by atoms with Crippen LogP contribution >= 0.6 is 0 Å². The summed E-state index contributed by atoms with van der Waals surface area (Å²) in [6.45, 7) is 0. The molecule has 0 radical (unpaired) electrons. The number of sulfone groups is 1. The van der Waals surface area contributed by atoms with Crippen LogP contribution in [0.5, 0.6) is 0 Å². The van der Waals surface area contributed by atoms with Crippen LogP contribution in [0.1, 0.15) is 19.3 Å². The highest BCUT2D eigenvalue weighted by atomic mass is 32.2. The Bertz CT molecular complexity index is 308. The van der Waals surface area contributed by atoms with Crippen molar-refractivity contribution in [3.8, 4) is 0 Å². The first-order valence-electron chi connectivity index (χ1n) is 4.51. The van der Waals surface area contributed by atoms with Gasteiger partial charge in [-0.2, -0.15) is 0 Å². The minimum Gasteiger partial charge on any atom is -0.481 e. The lowest BCUT2D eigenvalue weighted by Crippen LogP contribution is -2.36. The molecular formula is C8H14O5S. The topological polar surface area (TPSA) is 91.7 Å². The van der Waals surface area contributed by atoms with Gasteiger partial charge in [0, 0.05) is 6.42 Å². The second-order valence-corrected chi connectivity index (χ2v) is 5.89. The van der Waals surface area contributed by atoms with E-state index in [0.717, 1.165) is 0 Å². The second kappa shape index (κ2) is 4.27. The van der Waals surface area contributed by atoms with Gasteiger partial charge in [0.15, 0.2) is 9.84 Å². The monoisotopic (exact) mass is 222 g/mol. The molecule has 5 nitrogen and oxygen atoms in total. The number of rotatable bonds is 3. The van der Waals surface area contributed by atoms with E-state index in [4.69, 9.17) is 5.11 Å². The fourth-order valence-corrected chi connectivity index (χ4v) is 3.45. The standard InChI is InChI=1S/C8H14O5S/c9-7-3-4-14(12,13)5-6(7)1-2-8(10)11/h6-7,9H,1-5H2,(H,10,11)/t6-,7+/m0/s1. The molecule has 1 rings (SSSR count). The molecule has 1 heterocycles. The Labute approximate surface area is 82.7 Å². The molecule has 82 valence electrons. The molecule has 2 N–H and O–H groups in total. The minimum atomic E-state index is -3.07. The van der Waals surface area contributed by atoms with Crippen LogP contribution in [0.25, 0.3) is 0 Å². The van der Waals surface area contributed by atoms with Crippen molar-refractivity contribution >= 4 is 15.8 Å². The summed E-state index contributed by atoms with van der Waals surface area (Å²) in [5, 5.41) is 17.9. The van der Waals surface area contributed by atoms with E-state index < -0.39 is 27.8 Å². The highest BCUT2D eigenvalue weighted by Gasteiger charge is 2.31. The zero-order chi connectivity index (χ0) is 10.8. The first-order chi connectivity index (χ1) is 6.41. The molecule has 0 saturated carbocycles. The molecule has 0 unspecified atom stereocenters. The maximum atomic E-state index is 11.2. The van der Waals surface area contributed by atoms with E-state index in [-0.39, 0.29) is 30.8 Å². The highest BCUT2D eigenvalue weighted by molar-refractivity contribution is 7.91. The van der Waals surface area contributed by atoms with Gasteiger partial charge in [0.1, 0.15) is 0 Å². The van der Waals surface area contributed by atoms with E-state index in [1.54, 1.807) is 0 Å². The molecular weight excluding hydrogens is 208 g/mol. The Morgan fingerprint density at radius 3 is 2.64 bits per heavy atom. The molecule has 14 heavy (non-hydrogen) atoms. The third-order valence-corrected chi connectivity index (χ3v) is 4.26. The lowest BCUT2D eigenvalue weighted by Gasteiger charge is -2.26. The third kappa shape index (κ3) is 3.26. The van der Waals surface area contributed by atoms with Crippen molar-refractivity contribution in [1.29, 1.82) is 0 Å². The van der Waals surface area contributed by atoms with Crippen molar-refractivity contribution in [2.75, 3.05) is 11.5 Å². The predicted molar refractivity (Wildman–Crippen MR) is 49.6 cm³/mol. The summed E-state index contributed by atoms with van der Waals surface area (Å²) < 4.78 is 22.4. The zero-order valence-corrected chi connectivity index (χ0v) is 8.53. The molecule has 1 aliphatic heterocycles. The molecule has 1 aliphatic rings. The summed E-state index contributed by atoms with van der Waals surface area (Å²) in [4.78, 5) is 10.3. The Morgan fingerprint density at radius 1 is 1.43 bits per heavy atom. The van der Waals surface area contributed by atoms with Gasteiger partial charge in [-0.25, -0.2) is 8.42 Å². The van der Waals surface area contributed by atoms with E-state index in [2.05, 4.69) is 0 Å². The van der Waals surface area contributed by atoms with Gasteiger partial charge < -0.3 is 10.2 Å². The Balaban J connectivity index is 2.53. The SMILES string of the molecule is O=C(O)CC[C@H]1CS(=O)(=O)CC[C@H]1O. The number of hydrogen-bond donors (Lipinski definition) is 2. The van der Waals surface area contributed by atoms with Crippen molar-refractivity contribution in [2.45, 2.75) is 25.4 Å². The minimum absolute atomic E-state index is 0.0116. The van der Waals surface area contributed by atoms with Gasteiger partial charge in [-0.3, -0.25) is 4.79 Å². The number of carboxylic acids is 1. The van der Waals surface area contributed by atoms with Crippen molar-refractivity contribution in [1.82, 2.24) is 0 Å². The number of aliphatic hydroxyl groups excluding tert-OH is 1. The van der Waals surface area contributed by atoms with Crippen LogP contribution in [0.4, 0.5) is 0 Å². The van der Waals surface area contributed by atoms with E-state index in [1.165, 1.54) is 0 Å². The average Bonchev–Trinajstić information content (AvgIpc) is 2.06. The van der Waals surface area contributed by atoms with Crippen molar-refractivity contribution in [3.05, 3.63) is 0 Å². The van der Waals surface area contributed by atoms with Crippen LogP contribution in [-0.4, -0.2) is 42.2 Å². The van der Waals surface area contributed by atoms with Crippen LogP contribution < -0.4 is 0 Å². The molecule has 0 bridgehead atoms. The summed E-state index contributed by atoms with van der Waals surface area (Å²) in [6, 6.07) is 0. The molecule has 0 aliphatic carbocycles. The smallest absolute Gasteiger partial charge is 0.303 e. The first kappa shape index (κ1) is 11.5. The van der Waals surface area contributed by atoms with Gasteiger partial charge in [0.25, 0.3) is 0 Å². The largest absolute Gasteiger partial charge is 0.481 e. The van der Waals surface area contributed by atoms with E-state index in [0.29, 0.717) is 0 Å². The average molecular weight is 222 g/mol. The van der Waals surface area contributed by atoms with Gasteiger partial charge in [-0.1, -0.05) is 0 Å². The fraction of sp³-hybridized carbons (Fsp3) is 0.875. The summed E-state index contributed by atoms with van der Waals surface area (Å²) in [5.41, 5.74) is 0. The molecule has 0 spiro atoms. The molecule has 0 aromatic carbocycles. The fourth-order valence-electron chi connectivity index (χ4n) is 1.64. The number of carbonyl (C=O) groups is 1. The molecule has 2 atom stereocenters. The van der Waals surface area contributed by atoms with Crippen molar-refractivity contribution in [3.63, 3.8) is 0 Å². The first-order valence-corrected chi connectivity index (χ1v) is 6.33. The third-order valence-electron chi connectivity index (χ3n) is 2.47. The molecule has 0 aromatic heterocycles. The molecule has 1 fully saturated rings. The van der Waals surface area contributed by atoms with Gasteiger partial charge in [0.2, 0.25) is 0 Å². The molecule has 1 saturated heterocycles. The van der Waals surface area contributed by atoms with Gasteiger partial charge in [0.05, 0.1) is 17.6 Å². The summed E-state index contributed by atoms with van der Waals surface area (Å²) in [7, 11) is -3.07. The number of aliphatic carboxylic acids is 1. The number of carboxylic acid groups (broad SMARTS) is 1. The van der Waals surface area contributed by atoms with Crippen LogP contribution in [0, 0.1) is 5.92 Å². The lowest BCUT2D eigenvalue weighted by molar-refractivity contribution is -0.137. The van der Waals surface area contributed by atoms with E-state index >= 15 is 0 Å². The Morgan fingerprint density at radius 2 is 2.07 bits per heavy atom. The normalized spacial score (nSPS) is 31.2. The van der Waals surface area contributed by atoms with Gasteiger partial charge in [-0.15, -0.1) is 0 Å². The van der Waals surface area contributed by atoms with Crippen molar-refractivity contribution < 1.29 is 23.4 Å². The van der Waals surface area contributed by atoms with E-state index in [9.17, 15) is 18.3 Å². The Hall–Kier alpha value is -0.620. The number of hydrogen-bond acceptors (Lipinski definition) is 4. The summed E-state index contributed by atoms with van der Waals surface area (Å²) >= 11 is 0. The van der Waals surface area contributed by atoms with Crippen molar-refractivity contribution in [2.24, 2.45) is 5.92 Å². The van der Waals surface area contributed by atoms with Crippen LogP contribution in [-0.2, 0) is 14.6 Å². The summed E-state index contributed by atoms with van der Waals surface area (Å²) in [5.74, 6) is -1.44. The van der Waals surface area contributed by atoms with Gasteiger partial charge >= 0.3 is 5.97 Å². The number of aliphatic hydroxyl groups is 1. The lowest BCUT2D eigenvalue weighted by atomic mass is 9.96. The molecule has 6 heteroatoms. The second-order valence-electron chi connectivity index (χ2n) is 3.66. The maximum absolute atomic E-state index is 11.2. The zero-order valence-electron chi connectivity index (χ0n) is 7.72. The Kier molecular flexibility index (Phi) is 3.49. The molecule has 0 amide bonds. The van der Waals surface area contributed by atoms with Crippen LogP contribution in [0.2, 0.25) is 0 Å². The maximum Gasteiger partial charge on any atom is 0.303 e. The van der Waals surface area contributed by atoms with Crippen LogP contribution in [0.15, 0.2) is 0 Å². The predicted octanol–water partition coefficient (Wildman–Crippen LogP) is -0.353. The highest BCUT2D eigenvalue weighted by Crippen LogP contribution is 2.23. The van der Waals surface area contributed by atoms with E-state index in [1.807, 2.05) is 0 Å². The molecule has 0 aromatic rings. The quantitative estimate of drug-likeness (QED) is 0.680. The van der Waals surface area contributed by atoms with Gasteiger partial charge in [-0.05, 0) is 18.8 Å². The van der Waals surface area contributed by atoms with Crippen LogP contribution in [0.3, 0.4) is 0 Å². The summed E-state index contributed by atoms with van der Waals surface area (Å²) in [6.07, 6.45) is -0.294.